The largest absolute Gasteiger partial charge is 0.476 e. The Hall–Kier alpha value is -2.85. The topological polar surface area (TPSA) is 115 Å². The molecule has 1 amide bonds. The maximum atomic E-state index is 14.1. The van der Waals surface area contributed by atoms with Gasteiger partial charge in [-0.25, -0.2) is 13.4 Å². The summed E-state index contributed by atoms with van der Waals surface area (Å²) in [6.07, 6.45) is 7.26. The smallest absolute Gasteiger partial charge is 0.242 e. The Kier molecular flexibility index (Phi) is 5.87. The van der Waals surface area contributed by atoms with Crippen molar-refractivity contribution < 1.29 is 22.5 Å². The van der Waals surface area contributed by atoms with Gasteiger partial charge in [-0.15, -0.1) is 0 Å². The number of nitrogens with one attached hydrogen (secondary N) is 1. The Bertz CT molecular complexity index is 1490. The summed E-state index contributed by atoms with van der Waals surface area (Å²) >= 11 is 6.51. The van der Waals surface area contributed by atoms with Crippen LogP contribution in [0.5, 0.6) is 5.88 Å². The van der Waals surface area contributed by atoms with E-state index in [9.17, 15) is 13.2 Å². The van der Waals surface area contributed by atoms with Crippen LogP contribution in [0.3, 0.4) is 0 Å². The molecular weight excluding hydrogens is 516 g/mol. The van der Waals surface area contributed by atoms with Gasteiger partial charge in [0, 0.05) is 6.07 Å². The molecule has 3 aromatic rings. The first-order valence-corrected chi connectivity index (χ1v) is 14.7. The number of anilines is 3. The van der Waals surface area contributed by atoms with Crippen molar-refractivity contribution in [3.05, 3.63) is 35.0 Å². The Morgan fingerprint density at radius 2 is 1.97 bits per heavy atom. The van der Waals surface area contributed by atoms with Crippen molar-refractivity contribution in [2.75, 3.05) is 16.2 Å². The monoisotopic (exact) mass is 544 g/mol. The van der Waals surface area contributed by atoms with Gasteiger partial charge in [-0.3, -0.25) is 14.4 Å². The molecule has 1 spiro atoms. The molecule has 0 bridgehead atoms. The molecule has 196 valence electrons. The van der Waals surface area contributed by atoms with Gasteiger partial charge in [0.05, 0.1) is 40.2 Å². The number of ether oxygens (including phenoxy) is 1. The van der Waals surface area contributed by atoms with Crippen molar-refractivity contribution in [2.24, 2.45) is 5.92 Å². The number of hydrogen-bond donors (Lipinski definition) is 1. The minimum atomic E-state index is -3.52. The molecular formula is C26H29ClN4O5S. The standard InChI is InChI=1S/C26H29ClN4O5S/c1-15(2)14-35-24-20(27)10-16(13-28-24)31-21-12-22-18(23(29-36-22)30-37(33,34)17-6-7-17)11-19(21)26(25(31)32)8-4-3-5-9-26/h10-13,15,17H,3-9,14H2,1-2H3,(H,29,30). The minimum absolute atomic E-state index is 0.0309. The van der Waals surface area contributed by atoms with Gasteiger partial charge in [0.2, 0.25) is 21.8 Å². The van der Waals surface area contributed by atoms with Gasteiger partial charge in [-0.2, -0.15) is 0 Å². The van der Waals surface area contributed by atoms with Gasteiger partial charge in [-0.1, -0.05) is 49.9 Å². The number of sulfonamides is 1. The molecule has 1 aliphatic heterocycles. The molecule has 1 N–H and O–H groups in total. The third-order valence-corrected chi connectivity index (χ3v) is 9.57. The molecule has 2 saturated carbocycles. The summed E-state index contributed by atoms with van der Waals surface area (Å²) in [6, 6.07) is 5.35. The number of carbonyl (C=O) groups is 1. The number of pyridine rings is 1. The van der Waals surface area contributed by atoms with E-state index in [4.69, 9.17) is 20.9 Å². The summed E-state index contributed by atoms with van der Waals surface area (Å²) in [5.74, 6) is 0.782. The maximum absolute atomic E-state index is 14.1. The molecule has 2 aliphatic carbocycles. The fraction of sp³-hybridized carbons (Fsp3) is 0.500. The molecule has 37 heavy (non-hydrogen) atoms. The lowest BCUT2D eigenvalue weighted by molar-refractivity contribution is -0.123. The van der Waals surface area contributed by atoms with Gasteiger partial charge in [0.15, 0.2) is 11.4 Å². The SMILES string of the molecule is CC(C)COc1ncc(N2C(=O)C3(CCCCC3)c3cc4c(NS(=O)(=O)C5CC5)noc4cc32)cc1Cl. The highest BCUT2D eigenvalue weighted by atomic mass is 35.5. The number of benzene rings is 1. The molecule has 9 nitrogen and oxygen atoms in total. The van der Waals surface area contributed by atoms with E-state index in [0.29, 0.717) is 71.5 Å². The third kappa shape index (κ3) is 4.14. The van der Waals surface area contributed by atoms with Crippen LogP contribution in [0, 0.1) is 5.92 Å². The molecule has 1 aromatic carbocycles. The molecule has 6 rings (SSSR count). The van der Waals surface area contributed by atoms with E-state index in [-0.39, 0.29) is 17.0 Å². The summed E-state index contributed by atoms with van der Waals surface area (Å²) < 4.78 is 39.0. The second kappa shape index (κ2) is 8.87. The van der Waals surface area contributed by atoms with Crippen molar-refractivity contribution in [1.82, 2.24) is 10.1 Å². The second-order valence-corrected chi connectivity index (χ2v) is 13.1. The van der Waals surface area contributed by atoms with Crippen LogP contribution >= 0.6 is 11.6 Å². The van der Waals surface area contributed by atoms with Crippen molar-refractivity contribution in [1.29, 1.82) is 0 Å². The first-order valence-electron chi connectivity index (χ1n) is 12.8. The summed E-state index contributed by atoms with van der Waals surface area (Å²) in [6.45, 7) is 4.56. The number of hydrogen-bond acceptors (Lipinski definition) is 7. The van der Waals surface area contributed by atoms with Gasteiger partial charge in [0.25, 0.3) is 0 Å². The van der Waals surface area contributed by atoms with Gasteiger partial charge >= 0.3 is 0 Å². The second-order valence-electron chi connectivity index (χ2n) is 10.7. The van der Waals surface area contributed by atoms with Crippen LogP contribution in [0.4, 0.5) is 17.2 Å². The molecule has 0 saturated heterocycles. The van der Waals surface area contributed by atoms with E-state index < -0.39 is 15.4 Å². The number of rotatable bonds is 7. The zero-order chi connectivity index (χ0) is 25.9. The zero-order valence-electron chi connectivity index (χ0n) is 20.8. The fourth-order valence-corrected chi connectivity index (χ4v) is 6.99. The quantitative estimate of drug-likeness (QED) is 0.406. The van der Waals surface area contributed by atoms with Crippen molar-refractivity contribution in [3.63, 3.8) is 0 Å². The molecule has 3 aliphatic rings. The highest BCUT2D eigenvalue weighted by molar-refractivity contribution is 7.93. The number of nitrogens with zero attached hydrogens (tertiary/aromatic N) is 3. The summed E-state index contributed by atoms with van der Waals surface area (Å²) in [5.41, 5.74) is 1.78. The van der Waals surface area contributed by atoms with Crippen LogP contribution in [0.25, 0.3) is 11.0 Å². The van der Waals surface area contributed by atoms with Crippen molar-refractivity contribution >= 4 is 55.7 Å². The summed E-state index contributed by atoms with van der Waals surface area (Å²) in [5, 5.41) is 4.51. The molecule has 0 unspecified atom stereocenters. The van der Waals surface area contributed by atoms with E-state index in [1.807, 2.05) is 19.9 Å². The molecule has 2 fully saturated rings. The van der Waals surface area contributed by atoms with Crippen LogP contribution < -0.4 is 14.4 Å². The first-order chi connectivity index (χ1) is 17.7. The molecule has 3 heterocycles. The summed E-state index contributed by atoms with van der Waals surface area (Å²) in [7, 11) is -3.52. The molecule has 2 aromatic heterocycles. The maximum Gasteiger partial charge on any atom is 0.242 e. The predicted molar refractivity (Wildman–Crippen MR) is 141 cm³/mol. The molecule has 0 radical (unpaired) electrons. The average molecular weight is 545 g/mol. The van der Waals surface area contributed by atoms with Crippen LogP contribution in [-0.4, -0.2) is 36.3 Å². The van der Waals surface area contributed by atoms with Crippen molar-refractivity contribution in [3.8, 4) is 5.88 Å². The Balaban J connectivity index is 1.44. The van der Waals surface area contributed by atoms with Gasteiger partial charge in [-0.05, 0) is 49.3 Å². The van der Waals surface area contributed by atoms with E-state index in [0.717, 1.165) is 24.8 Å². The predicted octanol–water partition coefficient (Wildman–Crippen LogP) is 5.70. The van der Waals surface area contributed by atoms with E-state index in [1.54, 1.807) is 23.2 Å². The lowest BCUT2D eigenvalue weighted by Gasteiger charge is -2.32. The zero-order valence-corrected chi connectivity index (χ0v) is 22.4. The molecule has 11 heteroatoms. The highest BCUT2D eigenvalue weighted by Crippen LogP contribution is 2.54. The number of aromatic nitrogens is 2. The van der Waals surface area contributed by atoms with Crippen LogP contribution in [0.15, 0.2) is 28.9 Å². The lowest BCUT2D eigenvalue weighted by atomic mass is 9.70. The fourth-order valence-electron chi connectivity index (χ4n) is 5.43. The number of amides is 1. The summed E-state index contributed by atoms with van der Waals surface area (Å²) in [4.78, 5) is 20.2. The normalized spacial score (nSPS) is 19.1. The Labute approximate surface area is 220 Å². The van der Waals surface area contributed by atoms with E-state index in [1.165, 1.54) is 0 Å². The van der Waals surface area contributed by atoms with Crippen LogP contribution in [0.2, 0.25) is 5.02 Å². The third-order valence-electron chi connectivity index (χ3n) is 7.47. The van der Waals surface area contributed by atoms with Crippen molar-refractivity contribution in [2.45, 2.75) is 69.5 Å². The van der Waals surface area contributed by atoms with E-state index in [2.05, 4.69) is 14.9 Å². The number of carbonyl (C=O) groups excluding carboxylic acids is 1. The van der Waals surface area contributed by atoms with E-state index >= 15 is 0 Å². The van der Waals surface area contributed by atoms with Crippen LogP contribution in [0.1, 0.15) is 64.4 Å². The first kappa shape index (κ1) is 24.5. The van der Waals surface area contributed by atoms with Gasteiger partial charge < -0.3 is 9.26 Å². The minimum Gasteiger partial charge on any atom is -0.476 e. The number of halogens is 1. The van der Waals surface area contributed by atoms with Crippen LogP contribution in [-0.2, 0) is 20.2 Å². The molecule has 0 atom stereocenters. The highest BCUT2D eigenvalue weighted by Gasteiger charge is 2.52. The number of fused-ring (bicyclic) bond motifs is 3. The average Bonchev–Trinajstić information content (AvgIpc) is 3.63. The van der Waals surface area contributed by atoms with Gasteiger partial charge in [0.1, 0.15) is 5.02 Å². The Morgan fingerprint density at radius 3 is 2.65 bits per heavy atom. The lowest BCUT2D eigenvalue weighted by Crippen LogP contribution is -2.40. The Morgan fingerprint density at radius 1 is 1.22 bits per heavy atom.